The molecule has 2 aliphatic rings. The summed E-state index contributed by atoms with van der Waals surface area (Å²) in [6, 6.07) is 17.8. The lowest BCUT2D eigenvalue weighted by atomic mass is 10.0. The highest BCUT2D eigenvalue weighted by molar-refractivity contribution is 7.21. The van der Waals surface area contributed by atoms with Crippen molar-refractivity contribution in [1.82, 2.24) is 25.2 Å². The van der Waals surface area contributed by atoms with Gasteiger partial charge in [0.25, 0.3) is 11.8 Å². The normalized spacial score (nSPS) is 15.0. The highest BCUT2D eigenvalue weighted by Crippen LogP contribution is 2.33. The second-order valence-corrected chi connectivity index (χ2v) is 15.5. The van der Waals surface area contributed by atoms with Crippen LogP contribution in [0.5, 0.6) is 5.75 Å². The summed E-state index contributed by atoms with van der Waals surface area (Å²) < 4.78 is 34.7. The number of benzene rings is 2. The van der Waals surface area contributed by atoms with E-state index in [2.05, 4.69) is 37.6 Å². The van der Waals surface area contributed by atoms with Crippen molar-refractivity contribution in [2.45, 2.75) is 18.9 Å². The van der Waals surface area contributed by atoms with Crippen LogP contribution in [0, 0.1) is 0 Å². The number of pyridine rings is 2. The lowest BCUT2D eigenvalue weighted by molar-refractivity contribution is -0.136. The van der Waals surface area contributed by atoms with E-state index in [-0.39, 0.29) is 37.2 Å². The van der Waals surface area contributed by atoms with Gasteiger partial charge in [0.2, 0.25) is 11.8 Å². The molecule has 2 N–H and O–H groups in total. The van der Waals surface area contributed by atoms with Gasteiger partial charge in [0.15, 0.2) is 0 Å². The van der Waals surface area contributed by atoms with Crippen LogP contribution >= 0.6 is 11.3 Å². The second kappa shape index (κ2) is 21.8. The standard InChI is InChI=1S/C44H49N7O10S/c1-50(2)31-5-9-35-38(25-31)62-42(48-35)36-8-3-29(27-46-36)30-4-11-39(47-28-30)45-13-14-56-15-16-57-17-18-58-19-20-59-21-22-60-23-24-61-32-6-7-33-34(26-32)44(55)51(43(33)54)37-10-12-40(52)49-41(37)53/h3-9,11,25-28,37H,10,12-24H2,1-2H3,(H,45,47)(H,49,52,53). The maximum absolute atomic E-state index is 13.0. The summed E-state index contributed by atoms with van der Waals surface area (Å²) in [4.78, 5) is 66.5. The monoisotopic (exact) mass is 867 g/mol. The molecule has 326 valence electrons. The minimum Gasteiger partial charge on any atom is -0.491 e. The average molecular weight is 868 g/mol. The van der Waals surface area contributed by atoms with Crippen molar-refractivity contribution in [3.63, 3.8) is 0 Å². The van der Waals surface area contributed by atoms with Crippen LogP contribution in [0.25, 0.3) is 32.0 Å². The molecule has 1 saturated heterocycles. The Morgan fingerprint density at radius 3 is 2.00 bits per heavy atom. The van der Waals surface area contributed by atoms with E-state index in [4.69, 9.17) is 33.4 Å². The summed E-state index contributed by atoms with van der Waals surface area (Å²) in [5.41, 5.74) is 5.27. The van der Waals surface area contributed by atoms with Crippen molar-refractivity contribution in [3.8, 4) is 27.6 Å². The van der Waals surface area contributed by atoms with Crippen LogP contribution in [0.4, 0.5) is 11.5 Å². The topological polar surface area (TPSA) is 193 Å². The Hall–Kier alpha value is -5.89. The molecule has 0 spiro atoms. The molecule has 2 aliphatic heterocycles. The number of nitrogens with one attached hydrogen (secondary N) is 2. The van der Waals surface area contributed by atoms with Gasteiger partial charge in [-0.3, -0.25) is 34.4 Å². The van der Waals surface area contributed by atoms with Gasteiger partial charge in [0.05, 0.1) is 93.1 Å². The predicted octanol–water partition coefficient (Wildman–Crippen LogP) is 4.46. The first kappa shape index (κ1) is 44.2. The van der Waals surface area contributed by atoms with Crippen LogP contribution < -0.4 is 20.3 Å². The van der Waals surface area contributed by atoms with Crippen LogP contribution in [-0.4, -0.2) is 143 Å². The third-order valence-electron chi connectivity index (χ3n) is 9.92. The second-order valence-electron chi connectivity index (χ2n) is 14.4. The third kappa shape index (κ3) is 11.5. The molecule has 0 saturated carbocycles. The van der Waals surface area contributed by atoms with Crippen LogP contribution in [0.15, 0.2) is 73.1 Å². The minimum absolute atomic E-state index is 0.0605. The summed E-state index contributed by atoms with van der Waals surface area (Å²) >= 11 is 1.64. The first-order valence-corrected chi connectivity index (χ1v) is 21.2. The Bertz CT molecular complexity index is 2320. The van der Waals surface area contributed by atoms with Gasteiger partial charge in [-0.15, -0.1) is 11.3 Å². The Kier molecular flexibility index (Phi) is 15.5. The predicted molar refractivity (Wildman–Crippen MR) is 232 cm³/mol. The van der Waals surface area contributed by atoms with Gasteiger partial charge in [-0.2, -0.15) is 0 Å². The molecule has 0 aliphatic carbocycles. The third-order valence-corrected chi connectivity index (χ3v) is 11.0. The summed E-state index contributed by atoms with van der Waals surface area (Å²) in [6.45, 7) is 5.05. The van der Waals surface area contributed by atoms with Gasteiger partial charge >= 0.3 is 0 Å². The van der Waals surface area contributed by atoms with Gasteiger partial charge in [0.1, 0.15) is 29.2 Å². The number of carbonyl (C=O) groups is 4. The largest absolute Gasteiger partial charge is 0.491 e. The van der Waals surface area contributed by atoms with Crippen molar-refractivity contribution in [2.24, 2.45) is 0 Å². The van der Waals surface area contributed by atoms with Crippen molar-refractivity contribution < 1.29 is 47.6 Å². The molecule has 0 radical (unpaired) electrons. The molecule has 1 fully saturated rings. The van der Waals surface area contributed by atoms with E-state index in [0.29, 0.717) is 71.8 Å². The van der Waals surface area contributed by atoms with E-state index in [0.717, 1.165) is 48.5 Å². The van der Waals surface area contributed by atoms with Gasteiger partial charge in [-0.05, 0) is 61.0 Å². The zero-order chi connectivity index (χ0) is 43.3. The number of rotatable bonds is 24. The Balaban J connectivity index is 0.656. The quantitative estimate of drug-likeness (QED) is 0.0652. The number of aromatic nitrogens is 3. The molecule has 1 atom stereocenters. The Morgan fingerprint density at radius 1 is 0.726 bits per heavy atom. The smallest absolute Gasteiger partial charge is 0.262 e. The van der Waals surface area contributed by atoms with E-state index in [1.165, 1.54) is 12.1 Å². The number of nitrogens with zero attached hydrogens (tertiary/aromatic N) is 5. The van der Waals surface area contributed by atoms with Gasteiger partial charge in [-0.25, -0.2) is 9.97 Å². The summed E-state index contributed by atoms with van der Waals surface area (Å²) in [5.74, 6) is -1.07. The van der Waals surface area contributed by atoms with Crippen molar-refractivity contribution in [3.05, 3.63) is 84.2 Å². The molecule has 5 heterocycles. The SMILES string of the molecule is CN(C)c1ccc2nc(-c3ccc(-c4ccc(NCCOCCOCCOCCOCCOCCOc5ccc6c(c5)C(=O)N(C5CCC(=O)NC5=O)C6=O)nc4)cn3)sc2c1. The summed E-state index contributed by atoms with van der Waals surface area (Å²) in [6.07, 6.45) is 3.84. The first-order chi connectivity index (χ1) is 30.2. The molecule has 1 unspecified atom stereocenters. The fraction of sp³-hybridized carbons (Fsp3) is 0.386. The molecule has 5 aromatic rings. The summed E-state index contributed by atoms with van der Waals surface area (Å²) in [5, 5.41) is 6.35. The number of hydrogen-bond donors (Lipinski definition) is 2. The molecule has 7 rings (SSSR count). The zero-order valence-electron chi connectivity index (χ0n) is 34.6. The fourth-order valence-electron chi connectivity index (χ4n) is 6.65. The minimum atomic E-state index is -1.02. The van der Waals surface area contributed by atoms with Crippen LogP contribution in [0.3, 0.4) is 0 Å². The number of fused-ring (bicyclic) bond motifs is 2. The maximum Gasteiger partial charge on any atom is 0.262 e. The number of carbonyl (C=O) groups excluding carboxylic acids is 4. The zero-order valence-corrected chi connectivity index (χ0v) is 35.4. The lowest BCUT2D eigenvalue weighted by Gasteiger charge is -2.27. The van der Waals surface area contributed by atoms with E-state index in [1.807, 2.05) is 56.8 Å². The molecular weight excluding hydrogens is 819 g/mol. The van der Waals surface area contributed by atoms with Gasteiger partial charge in [0, 0.05) is 56.3 Å². The molecule has 3 aromatic heterocycles. The summed E-state index contributed by atoms with van der Waals surface area (Å²) in [7, 11) is 4.06. The first-order valence-electron chi connectivity index (χ1n) is 20.4. The molecule has 4 amide bonds. The average Bonchev–Trinajstić information content (AvgIpc) is 3.82. The van der Waals surface area contributed by atoms with Crippen molar-refractivity contribution >= 4 is 56.7 Å². The van der Waals surface area contributed by atoms with E-state index in [1.54, 1.807) is 17.4 Å². The number of imide groups is 2. The fourth-order valence-corrected chi connectivity index (χ4v) is 7.63. The molecule has 2 aromatic carbocycles. The highest BCUT2D eigenvalue weighted by Gasteiger charge is 2.44. The molecule has 62 heavy (non-hydrogen) atoms. The molecule has 0 bridgehead atoms. The molecular formula is C44H49N7O10S. The Labute approximate surface area is 362 Å². The number of hydrogen-bond acceptors (Lipinski definition) is 16. The Morgan fingerprint density at radius 2 is 1.37 bits per heavy atom. The van der Waals surface area contributed by atoms with Crippen molar-refractivity contribution in [2.75, 3.05) is 104 Å². The number of piperidine rings is 1. The number of anilines is 2. The highest BCUT2D eigenvalue weighted by atomic mass is 32.1. The number of ether oxygens (including phenoxy) is 6. The van der Waals surface area contributed by atoms with Gasteiger partial charge < -0.3 is 38.6 Å². The van der Waals surface area contributed by atoms with Crippen LogP contribution in [0.1, 0.15) is 33.6 Å². The maximum atomic E-state index is 13.0. The molecule has 17 nitrogen and oxygen atoms in total. The number of amides is 4. The van der Waals surface area contributed by atoms with E-state index >= 15 is 0 Å². The lowest BCUT2D eigenvalue weighted by Crippen LogP contribution is -2.54. The van der Waals surface area contributed by atoms with Crippen LogP contribution in [-0.2, 0) is 33.3 Å². The molecule has 18 heteroatoms. The van der Waals surface area contributed by atoms with Gasteiger partial charge in [-0.1, -0.05) is 6.07 Å². The number of thiazole rings is 1. The van der Waals surface area contributed by atoms with Crippen molar-refractivity contribution in [1.29, 1.82) is 0 Å². The van der Waals surface area contributed by atoms with E-state index < -0.39 is 29.7 Å². The van der Waals surface area contributed by atoms with E-state index in [9.17, 15) is 19.2 Å². The van der Waals surface area contributed by atoms with Crippen LogP contribution in [0.2, 0.25) is 0 Å².